The van der Waals surface area contributed by atoms with E-state index < -0.39 is 6.10 Å². The van der Waals surface area contributed by atoms with Gasteiger partial charge in [-0.2, -0.15) is 0 Å². The van der Waals surface area contributed by atoms with Gasteiger partial charge in [0.15, 0.2) is 0 Å². The predicted molar refractivity (Wildman–Crippen MR) is 90.0 cm³/mol. The second-order valence-corrected chi connectivity index (χ2v) is 6.03. The highest BCUT2D eigenvalue weighted by atomic mass is 16.5. The molecule has 1 N–H and O–H groups in total. The Kier molecular flexibility index (Phi) is 7.33. The van der Waals surface area contributed by atoms with Gasteiger partial charge in [0.2, 0.25) is 0 Å². The summed E-state index contributed by atoms with van der Waals surface area (Å²) in [7, 11) is 0. The molecule has 0 amide bonds. The van der Waals surface area contributed by atoms with Crippen molar-refractivity contribution < 1.29 is 9.84 Å². The van der Waals surface area contributed by atoms with Crippen molar-refractivity contribution in [1.82, 2.24) is 9.80 Å². The SMILES string of the molecule is CC[C@@H](OC[C@H](O)CN1CCN(CC)CC1)c1ccccc1. The van der Waals surface area contributed by atoms with Crippen LogP contribution in [0.2, 0.25) is 0 Å². The van der Waals surface area contributed by atoms with Crippen molar-refractivity contribution in [2.75, 3.05) is 45.9 Å². The van der Waals surface area contributed by atoms with Gasteiger partial charge in [-0.05, 0) is 18.5 Å². The number of hydrogen-bond donors (Lipinski definition) is 1. The van der Waals surface area contributed by atoms with Gasteiger partial charge in [0.05, 0.1) is 18.8 Å². The molecule has 1 aromatic rings. The number of ether oxygens (including phenoxy) is 1. The minimum Gasteiger partial charge on any atom is -0.389 e. The van der Waals surface area contributed by atoms with Crippen molar-refractivity contribution in [2.24, 2.45) is 0 Å². The fourth-order valence-electron chi connectivity index (χ4n) is 2.98. The van der Waals surface area contributed by atoms with Gasteiger partial charge in [-0.3, -0.25) is 4.90 Å². The number of hydrogen-bond acceptors (Lipinski definition) is 4. The Balaban J connectivity index is 1.72. The number of rotatable bonds is 8. The smallest absolute Gasteiger partial charge is 0.0900 e. The molecule has 1 heterocycles. The minimum absolute atomic E-state index is 0.0767. The summed E-state index contributed by atoms with van der Waals surface area (Å²) < 4.78 is 5.94. The topological polar surface area (TPSA) is 35.9 Å². The van der Waals surface area contributed by atoms with Crippen LogP contribution in [-0.2, 0) is 4.74 Å². The molecule has 0 aromatic heterocycles. The van der Waals surface area contributed by atoms with Gasteiger partial charge in [0, 0.05) is 32.7 Å². The summed E-state index contributed by atoms with van der Waals surface area (Å²) in [4.78, 5) is 4.78. The fraction of sp³-hybridized carbons (Fsp3) is 0.667. The van der Waals surface area contributed by atoms with Gasteiger partial charge in [-0.1, -0.05) is 44.2 Å². The molecule has 2 atom stereocenters. The Morgan fingerprint density at radius 1 is 1.05 bits per heavy atom. The molecule has 0 radical (unpaired) electrons. The molecule has 1 aliphatic heterocycles. The molecule has 0 unspecified atom stereocenters. The number of benzene rings is 1. The Morgan fingerprint density at radius 2 is 1.68 bits per heavy atom. The van der Waals surface area contributed by atoms with Crippen molar-refractivity contribution in [3.63, 3.8) is 0 Å². The standard InChI is InChI=1S/C18H30N2O2/c1-3-18(16-8-6-5-7-9-16)22-15-17(21)14-20-12-10-19(4-2)11-13-20/h5-9,17-18,21H,3-4,10-15H2,1-2H3/t17-,18-/m1/s1. The molecule has 1 saturated heterocycles. The molecular weight excluding hydrogens is 276 g/mol. The van der Waals surface area contributed by atoms with Crippen LogP contribution in [-0.4, -0.2) is 66.9 Å². The normalized spacial score (nSPS) is 20.0. The quantitative estimate of drug-likeness (QED) is 0.798. The van der Waals surface area contributed by atoms with Crippen LogP contribution in [0.3, 0.4) is 0 Å². The van der Waals surface area contributed by atoms with Crippen LogP contribution < -0.4 is 0 Å². The maximum absolute atomic E-state index is 10.2. The zero-order valence-electron chi connectivity index (χ0n) is 13.9. The monoisotopic (exact) mass is 306 g/mol. The first-order valence-electron chi connectivity index (χ1n) is 8.52. The average Bonchev–Trinajstić information content (AvgIpc) is 2.57. The molecule has 22 heavy (non-hydrogen) atoms. The summed E-state index contributed by atoms with van der Waals surface area (Å²) in [5.41, 5.74) is 1.19. The highest BCUT2D eigenvalue weighted by Crippen LogP contribution is 2.20. The lowest BCUT2D eigenvalue weighted by Gasteiger charge is -2.35. The molecule has 4 heteroatoms. The van der Waals surface area contributed by atoms with E-state index in [9.17, 15) is 5.11 Å². The molecule has 4 nitrogen and oxygen atoms in total. The van der Waals surface area contributed by atoms with Gasteiger partial charge >= 0.3 is 0 Å². The second-order valence-electron chi connectivity index (χ2n) is 6.03. The average molecular weight is 306 g/mol. The van der Waals surface area contributed by atoms with Gasteiger partial charge in [0.1, 0.15) is 0 Å². The van der Waals surface area contributed by atoms with Gasteiger partial charge in [0.25, 0.3) is 0 Å². The lowest BCUT2D eigenvalue weighted by Crippen LogP contribution is -2.48. The minimum atomic E-state index is -0.411. The third-order valence-electron chi connectivity index (χ3n) is 4.41. The van der Waals surface area contributed by atoms with Crippen molar-refractivity contribution in [2.45, 2.75) is 32.5 Å². The van der Waals surface area contributed by atoms with E-state index in [0.717, 1.165) is 39.1 Å². The lowest BCUT2D eigenvalue weighted by atomic mass is 10.1. The molecule has 124 valence electrons. The maximum atomic E-state index is 10.2. The van der Waals surface area contributed by atoms with Crippen LogP contribution in [0.25, 0.3) is 0 Å². The predicted octanol–water partition coefficient (Wildman–Crippen LogP) is 2.15. The Labute approximate surface area is 134 Å². The first-order chi connectivity index (χ1) is 10.7. The molecule has 1 aromatic carbocycles. The molecule has 0 saturated carbocycles. The van der Waals surface area contributed by atoms with Crippen molar-refractivity contribution in [1.29, 1.82) is 0 Å². The summed E-state index contributed by atoms with van der Waals surface area (Å²) in [5, 5.41) is 10.2. The summed E-state index contributed by atoms with van der Waals surface area (Å²) in [6.45, 7) is 10.8. The molecule has 0 spiro atoms. The Hall–Kier alpha value is -0.940. The first-order valence-corrected chi connectivity index (χ1v) is 8.52. The second kappa shape index (κ2) is 9.26. The molecule has 1 aliphatic rings. The van der Waals surface area contributed by atoms with E-state index >= 15 is 0 Å². The van der Waals surface area contributed by atoms with Crippen molar-refractivity contribution >= 4 is 0 Å². The van der Waals surface area contributed by atoms with Crippen LogP contribution in [0, 0.1) is 0 Å². The summed E-state index contributed by atoms with van der Waals surface area (Å²) >= 11 is 0. The van der Waals surface area contributed by atoms with E-state index in [2.05, 4.69) is 35.8 Å². The zero-order chi connectivity index (χ0) is 15.8. The van der Waals surface area contributed by atoms with Crippen molar-refractivity contribution in [3.05, 3.63) is 35.9 Å². The highest BCUT2D eigenvalue weighted by molar-refractivity contribution is 5.17. The van der Waals surface area contributed by atoms with Crippen LogP contribution in [0.5, 0.6) is 0 Å². The molecule has 2 rings (SSSR count). The fourth-order valence-corrected chi connectivity index (χ4v) is 2.98. The van der Waals surface area contributed by atoms with Crippen LogP contribution >= 0.6 is 0 Å². The number of aliphatic hydroxyl groups is 1. The third kappa shape index (κ3) is 5.36. The van der Waals surface area contributed by atoms with Gasteiger partial charge in [-0.25, -0.2) is 0 Å². The number of likely N-dealkylation sites (N-methyl/N-ethyl adjacent to an activating group) is 1. The van der Waals surface area contributed by atoms with E-state index in [1.54, 1.807) is 0 Å². The Morgan fingerprint density at radius 3 is 2.27 bits per heavy atom. The molecular formula is C18H30N2O2. The van der Waals surface area contributed by atoms with E-state index in [4.69, 9.17) is 4.74 Å². The van der Waals surface area contributed by atoms with E-state index in [1.165, 1.54) is 5.56 Å². The van der Waals surface area contributed by atoms with Gasteiger partial charge < -0.3 is 14.7 Å². The van der Waals surface area contributed by atoms with Crippen LogP contribution in [0.4, 0.5) is 0 Å². The van der Waals surface area contributed by atoms with E-state index in [-0.39, 0.29) is 6.10 Å². The Bertz CT molecular complexity index is 405. The third-order valence-corrected chi connectivity index (χ3v) is 4.41. The summed E-state index contributed by atoms with van der Waals surface area (Å²) in [6, 6.07) is 10.3. The largest absolute Gasteiger partial charge is 0.389 e. The van der Waals surface area contributed by atoms with Crippen LogP contribution in [0.1, 0.15) is 31.9 Å². The van der Waals surface area contributed by atoms with Crippen molar-refractivity contribution in [3.8, 4) is 0 Å². The van der Waals surface area contributed by atoms with E-state index in [1.807, 2.05) is 18.2 Å². The molecule has 0 bridgehead atoms. The maximum Gasteiger partial charge on any atom is 0.0900 e. The highest BCUT2D eigenvalue weighted by Gasteiger charge is 2.19. The van der Waals surface area contributed by atoms with E-state index in [0.29, 0.717) is 13.2 Å². The lowest BCUT2D eigenvalue weighted by molar-refractivity contribution is -0.0279. The zero-order valence-corrected chi connectivity index (χ0v) is 13.9. The first kappa shape index (κ1) is 17.4. The number of β-amino-alcohol motifs (C(OH)–C–C–N with tert-alkyl or cyclic N) is 1. The number of aliphatic hydroxyl groups excluding tert-OH is 1. The summed E-state index contributed by atoms with van der Waals surface area (Å²) in [5.74, 6) is 0. The summed E-state index contributed by atoms with van der Waals surface area (Å²) in [6.07, 6.45) is 0.588. The van der Waals surface area contributed by atoms with Gasteiger partial charge in [-0.15, -0.1) is 0 Å². The van der Waals surface area contributed by atoms with Crippen LogP contribution in [0.15, 0.2) is 30.3 Å². The molecule has 1 fully saturated rings. The number of nitrogens with zero attached hydrogens (tertiary/aromatic N) is 2. The molecule has 0 aliphatic carbocycles. The number of piperazine rings is 1.